The zero-order valence-electron chi connectivity index (χ0n) is 8.93. The number of carboxylic acids is 1. The third kappa shape index (κ3) is 2.74. The third-order valence-corrected chi connectivity index (χ3v) is 3.03. The molecule has 2 atom stereocenters. The van der Waals surface area contributed by atoms with Crippen molar-refractivity contribution < 1.29 is 9.90 Å². The van der Waals surface area contributed by atoms with Gasteiger partial charge in [0, 0.05) is 12.5 Å². The first-order valence-electron chi connectivity index (χ1n) is 5.27. The van der Waals surface area contributed by atoms with Gasteiger partial charge in [0.25, 0.3) is 0 Å². The van der Waals surface area contributed by atoms with Gasteiger partial charge >= 0.3 is 5.97 Å². The van der Waals surface area contributed by atoms with Crippen LogP contribution in [0.3, 0.4) is 0 Å². The first kappa shape index (κ1) is 13.0. The van der Waals surface area contributed by atoms with Crippen LogP contribution in [0.5, 0.6) is 0 Å². The minimum atomic E-state index is -0.676. The van der Waals surface area contributed by atoms with Gasteiger partial charge < -0.3 is 10.4 Å². The van der Waals surface area contributed by atoms with Gasteiger partial charge in [0.2, 0.25) is 0 Å². The SMILES string of the molecule is Cl.O=C(O)C1CCNCC1c1ccccc1. The van der Waals surface area contributed by atoms with Crippen LogP contribution in [0.2, 0.25) is 0 Å². The van der Waals surface area contributed by atoms with Crippen molar-refractivity contribution in [2.24, 2.45) is 5.92 Å². The lowest BCUT2D eigenvalue weighted by molar-refractivity contribution is -0.143. The zero-order chi connectivity index (χ0) is 10.7. The number of carbonyl (C=O) groups is 1. The number of piperidine rings is 1. The molecule has 1 aliphatic rings. The molecule has 0 saturated carbocycles. The number of aliphatic carboxylic acids is 1. The molecular weight excluding hydrogens is 226 g/mol. The topological polar surface area (TPSA) is 49.3 Å². The fourth-order valence-corrected chi connectivity index (χ4v) is 2.20. The molecule has 1 heterocycles. The van der Waals surface area contributed by atoms with E-state index in [0.29, 0.717) is 0 Å². The average Bonchev–Trinajstić information content (AvgIpc) is 2.30. The molecule has 88 valence electrons. The summed E-state index contributed by atoms with van der Waals surface area (Å²) in [5, 5.41) is 12.4. The average molecular weight is 242 g/mol. The van der Waals surface area contributed by atoms with E-state index in [1.54, 1.807) is 0 Å². The Balaban J connectivity index is 0.00000128. The van der Waals surface area contributed by atoms with E-state index in [4.69, 9.17) is 5.11 Å². The maximum atomic E-state index is 11.1. The lowest BCUT2D eigenvalue weighted by Gasteiger charge is -2.29. The van der Waals surface area contributed by atoms with Gasteiger partial charge in [-0.25, -0.2) is 0 Å². The van der Waals surface area contributed by atoms with Crippen molar-refractivity contribution in [2.75, 3.05) is 13.1 Å². The van der Waals surface area contributed by atoms with Crippen LogP contribution >= 0.6 is 12.4 Å². The quantitative estimate of drug-likeness (QED) is 0.831. The largest absolute Gasteiger partial charge is 0.481 e. The van der Waals surface area contributed by atoms with E-state index in [1.165, 1.54) is 0 Å². The first-order chi connectivity index (χ1) is 7.29. The summed E-state index contributed by atoms with van der Waals surface area (Å²) in [6, 6.07) is 9.89. The zero-order valence-corrected chi connectivity index (χ0v) is 9.74. The van der Waals surface area contributed by atoms with Gasteiger partial charge in [-0.05, 0) is 18.5 Å². The van der Waals surface area contributed by atoms with E-state index in [2.05, 4.69) is 5.32 Å². The van der Waals surface area contributed by atoms with E-state index >= 15 is 0 Å². The van der Waals surface area contributed by atoms with Crippen molar-refractivity contribution in [3.05, 3.63) is 35.9 Å². The standard InChI is InChI=1S/C12H15NO2.ClH/c14-12(15)10-6-7-13-8-11(10)9-4-2-1-3-5-9;/h1-5,10-11,13H,6-8H2,(H,14,15);1H. The fourth-order valence-electron chi connectivity index (χ4n) is 2.20. The predicted molar refractivity (Wildman–Crippen MR) is 65.0 cm³/mol. The Morgan fingerprint density at radius 3 is 2.62 bits per heavy atom. The first-order valence-corrected chi connectivity index (χ1v) is 5.27. The summed E-state index contributed by atoms with van der Waals surface area (Å²) in [5.41, 5.74) is 1.12. The Bertz CT molecular complexity index is 342. The minimum Gasteiger partial charge on any atom is -0.481 e. The maximum Gasteiger partial charge on any atom is 0.307 e. The van der Waals surface area contributed by atoms with Gasteiger partial charge in [0.05, 0.1) is 5.92 Å². The molecule has 0 bridgehead atoms. The molecule has 0 aliphatic carbocycles. The molecule has 0 amide bonds. The molecule has 2 rings (SSSR count). The van der Waals surface area contributed by atoms with Gasteiger partial charge in [-0.3, -0.25) is 4.79 Å². The number of nitrogens with one attached hydrogen (secondary N) is 1. The van der Waals surface area contributed by atoms with Crippen LogP contribution < -0.4 is 5.32 Å². The van der Waals surface area contributed by atoms with Gasteiger partial charge in [-0.2, -0.15) is 0 Å². The lowest BCUT2D eigenvalue weighted by Crippen LogP contribution is -2.38. The van der Waals surface area contributed by atoms with Crippen LogP contribution in [0.1, 0.15) is 17.9 Å². The highest BCUT2D eigenvalue weighted by Crippen LogP contribution is 2.29. The summed E-state index contributed by atoms with van der Waals surface area (Å²) in [5.74, 6) is -0.809. The lowest BCUT2D eigenvalue weighted by atomic mass is 9.81. The Labute approximate surface area is 101 Å². The highest BCUT2D eigenvalue weighted by Gasteiger charge is 2.31. The van der Waals surface area contributed by atoms with E-state index in [-0.39, 0.29) is 24.2 Å². The van der Waals surface area contributed by atoms with Crippen molar-refractivity contribution in [3.63, 3.8) is 0 Å². The second-order valence-electron chi connectivity index (χ2n) is 3.95. The molecule has 1 aromatic carbocycles. The van der Waals surface area contributed by atoms with E-state index < -0.39 is 5.97 Å². The number of carboxylic acid groups (broad SMARTS) is 1. The van der Waals surface area contributed by atoms with Crippen molar-refractivity contribution >= 4 is 18.4 Å². The third-order valence-electron chi connectivity index (χ3n) is 3.03. The van der Waals surface area contributed by atoms with Crippen LogP contribution in [-0.2, 0) is 4.79 Å². The summed E-state index contributed by atoms with van der Waals surface area (Å²) < 4.78 is 0. The van der Waals surface area contributed by atoms with Crippen molar-refractivity contribution in [2.45, 2.75) is 12.3 Å². The monoisotopic (exact) mass is 241 g/mol. The van der Waals surface area contributed by atoms with Crippen molar-refractivity contribution in [3.8, 4) is 0 Å². The Morgan fingerprint density at radius 2 is 2.00 bits per heavy atom. The summed E-state index contributed by atoms with van der Waals surface area (Å²) in [4.78, 5) is 11.1. The molecule has 1 fully saturated rings. The van der Waals surface area contributed by atoms with Crippen molar-refractivity contribution in [1.82, 2.24) is 5.32 Å². The molecule has 0 aromatic heterocycles. The van der Waals surface area contributed by atoms with Crippen LogP contribution in [0.4, 0.5) is 0 Å². The minimum absolute atomic E-state index is 0. The molecule has 0 spiro atoms. The molecular formula is C12H16ClNO2. The van der Waals surface area contributed by atoms with Gasteiger partial charge in [0.1, 0.15) is 0 Å². The molecule has 3 nitrogen and oxygen atoms in total. The maximum absolute atomic E-state index is 11.1. The van der Waals surface area contributed by atoms with Crippen LogP contribution in [0, 0.1) is 5.92 Å². The smallest absolute Gasteiger partial charge is 0.307 e. The molecule has 16 heavy (non-hydrogen) atoms. The normalized spacial score (nSPS) is 24.5. The van der Waals surface area contributed by atoms with Gasteiger partial charge in [-0.15, -0.1) is 12.4 Å². The summed E-state index contributed by atoms with van der Waals surface area (Å²) >= 11 is 0. The Morgan fingerprint density at radius 1 is 1.31 bits per heavy atom. The second kappa shape index (κ2) is 5.87. The van der Waals surface area contributed by atoms with Gasteiger partial charge in [-0.1, -0.05) is 30.3 Å². The molecule has 2 N–H and O–H groups in total. The highest BCUT2D eigenvalue weighted by atomic mass is 35.5. The van der Waals surface area contributed by atoms with E-state index in [1.807, 2.05) is 30.3 Å². The highest BCUT2D eigenvalue weighted by molar-refractivity contribution is 5.85. The van der Waals surface area contributed by atoms with E-state index in [0.717, 1.165) is 25.1 Å². The molecule has 1 aromatic rings. The predicted octanol–water partition coefficient (Wildman–Crippen LogP) is 1.89. The summed E-state index contributed by atoms with van der Waals surface area (Å²) in [7, 11) is 0. The second-order valence-corrected chi connectivity index (χ2v) is 3.95. The molecule has 0 radical (unpaired) electrons. The number of rotatable bonds is 2. The van der Waals surface area contributed by atoms with E-state index in [9.17, 15) is 4.79 Å². The van der Waals surface area contributed by atoms with Crippen LogP contribution in [0.25, 0.3) is 0 Å². The summed E-state index contributed by atoms with van der Waals surface area (Å²) in [6.07, 6.45) is 0.717. The molecule has 1 saturated heterocycles. The van der Waals surface area contributed by atoms with Gasteiger partial charge in [0.15, 0.2) is 0 Å². The molecule has 2 unspecified atom stereocenters. The number of hydrogen-bond donors (Lipinski definition) is 2. The van der Waals surface area contributed by atoms with Crippen molar-refractivity contribution in [1.29, 1.82) is 0 Å². The van der Waals surface area contributed by atoms with Crippen LogP contribution in [-0.4, -0.2) is 24.2 Å². The number of halogens is 1. The van der Waals surface area contributed by atoms with Crippen LogP contribution in [0.15, 0.2) is 30.3 Å². The Kier molecular flexibility index (Phi) is 4.77. The fraction of sp³-hybridized carbons (Fsp3) is 0.417. The molecule has 4 heteroatoms. The Hall–Kier alpha value is -1.06. The summed E-state index contributed by atoms with van der Waals surface area (Å²) in [6.45, 7) is 1.57. The number of hydrogen-bond acceptors (Lipinski definition) is 2. The molecule has 1 aliphatic heterocycles. The number of benzene rings is 1.